The highest BCUT2D eigenvalue weighted by Gasteiger charge is 2.01. The standard InChI is InChI=1S/C18H20/c1-4-16-9-11-18(12-10-16)15(3)13-17-7-5-14(2)6-8-17/h5-12H,3-4,13H2,1-2H3. The fourth-order valence-corrected chi connectivity index (χ4v) is 2.03. The van der Waals surface area contributed by atoms with Gasteiger partial charge in [0.15, 0.2) is 0 Å². The first-order valence-electron chi connectivity index (χ1n) is 6.51. The number of allylic oxidation sites excluding steroid dienone is 1. The quantitative estimate of drug-likeness (QED) is 0.714. The van der Waals surface area contributed by atoms with E-state index in [1.165, 1.54) is 27.8 Å². The van der Waals surface area contributed by atoms with Crippen LogP contribution < -0.4 is 0 Å². The minimum absolute atomic E-state index is 0.922. The average Bonchev–Trinajstić information content (AvgIpc) is 2.41. The molecule has 2 rings (SSSR count). The average molecular weight is 236 g/mol. The van der Waals surface area contributed by atoms with Crippen LogP contribution in [0.15, 0.2) is 55.1 Å². The first-order chi connectivity index (χ1) is 8.69. The highest BCUT2D eigenvalue weighted by molar-refractivity contribution is 5.65. The molecule has 0 aliphatic rings. The van der Waals surface area contributed by atoms with E-state index >= 15 is 0 Å². The van der Waals surface area contributed by atoms with Crippen LogP contribution in [0.2, 0.25) is 0 Å². The van der Waals surface area contributed by atoms with Gasteiger partial charge in [0.05, 0.1) is 0 Å². The largest absolute Gasteiger partial charge is 0.0949 e. The normalized spacial score (nSPS) is 10.3. The summed E-state index contributed by atoms with van der Waals surface area (Å²) >= 11 is 0. The van der Waals surface area contributed by atoms with Crippen LogP contribution in [0.4, 0.5) is 0 Å². The van der Waals surface area contributed by atoms with Gasteiger partial charge in [-0.05, 0) is 42.0 Å². The second kappa shape index (κ2) is 5.68. The molecule has 0 spiro atoms. The van der Waals surface area contributed by atoms with Crippen molar-refractivity contribution in [2.45, 2.75) is 26.7 Å². The summed E-state index contributed by atoms with van der Waals surface area (Å²) in [5.41, 5.74) is 6.43. The molecule has 0 unspecified atom stereocenters. The summed E-state index contributed by atoms with van der Waals surface area (Å²) in [5, 5.41) is 0. The maximum atomic E-state index is 4.20. The highest BCUT2D eigenvalue weighted by Crippen LogP contribution is 2.19. The second-order valence-electron chi connectivity index (χ2n) is 4.82. The van der Waals surface area contributed by atoms with Crippen LogP contribution in [0.3, 0.4) is 0 Å². The summed E-state index contributed by atoms with van der Waals surface area (Å²) in [6, 6.07) is 17.4. The number of hydrogen-bond acceptors (Lipinski definition) is 0. The van der Waals surface area contributed by atoms with E-state index in [2.05, 4.69) is 69.0 Å². The van der Waals surface area contributed by atoms with Gasteiger partial charge in [0.25, 0.3) is 0 Å². The molecule has 2 aromatic rings. The molecule has 18 heavy (non-hydrogen) atoms. The molecule has 0 radical (unpaired) electrons. The van der Waals surface area contributed by atoms with E-state index in [4.69, 9.17) is 0 Å². The Balaban J connectivity index is 2.09. The van der Waals surface area contributed by atoms with Gasteiger partial charge in [-0.2, -0.15) is 0 Å². The minimum atomic E-state index is 0.922. The van der Waals surface area contributed by atoms with Gasteiger partial charge in [0, 0.05) is 0 Å². The predicted molar refractivity (Wildman–Crippen MR) is 79.7 cm³/mol. The molecule has 0 aromatic heterocycles. The maximum absolute atomic E-state index is 4.20. The predicted octanol–water partition coefficient (Wildman–Crippen LogP) is 4.81. The Morgan fingerprint density at radius 3 is 2.00 bits per heavy atom. The summed E-state index contributed by atoms with van der Waals surface area (Å²) in [7, 11) is 0. The van der Waals surface area contributed by atoms with Crippen molar-refractivity contribution in [3.8, 4) is 0 Å². The SMILES string of the molecule is C=C(Cc1ccc(C)cc1)c1ccc(CC)cc1. The molecule has 2 aromatic carbocycles. The number of aryl methyl sites for hydroxylation is 2. The molecule has 0 saturated heterocycles. The first kappa shape index (κ1) is 12.6. The van der Waals surface area contributed by atoms with Gasteiger partial charge in [-0.25, -0.2) is 0 Å². The van der Waals surface area contributed by atoms with Crippen LogP contribution in [-0.2, 0) is 12.8 Å². The Kier molecular flexibility index (Phi) is 3.99. The summed E-state index contributed by atoms with van der Waals surface area (Å²) in [5.74, 6) is 0. The Hall–Kier alpha value is -1.82. The van der Waals surface area contributed by atoms with Crippen molar-refractivity contribution in [2.24, 2.45) is 0 Å². The topological polar surface area (TPSA) is 0 Å². The molecular weight excluding hydrogens is 216 g/mol. The van der Waals surface area contributed by atoms with Gasteiger partial charge in [0.1, 0.15) is 0 Å². The number of benzene rings is 2. The Morgan fingerprint density at radius 2 is 1.44 bits per heavy atom. The molecule has 0 saturated carbocycles. The lowest BCUT2D eigenvalue weighted by atomic mass is 9.98. The molecule has 0 atom stereocenters. The van der Waals surface area contributed by atoms with Crippen LogP contribution in [0, 0.1) is 6.92 Å². The van der Waals surface area contributed by atoms with Crippen molar-refractivity contribution in [1.82, 2.24) is 0 Å². The summed E-state index contributed by atoms with van der Waals surface area (Å²) in [6.07, 6.45) is 2.01. The minimum Gasteiger partial charge on any atom is -0.0949 e. The molecule has 0 fully saturated rings. The lowest BCUT2D eigenvalue weighted by Gasteiger charge is -2.07. The molecule has 0 aliphatic heterocycles. The molecule has 0 bridgehead atoms. The van der Waals surface area contributed by atoms with Crippen molar-refractivity contribution >= 4 is 5.57 Å². The molecule has 0 N–H and O–H groups in total. The third-order valence-corrected chi connectivity index (χ3v) is 3.31. The second-order valence-corrected chi connectivity index (χ2v) is 4.82. The lowest BCUT2D eigenvalue weighted by molar-refractivity contribution is 1.14. The van der Waals surface area contributed by atoms with Crippen molar-refractivity contribution in [2.75, 3.05) is 0 Å². The number of rotatable bonds is 4. The van der Waals surface area contributed by atoms with Gasteiger partial charge in [-0.15, -0.1) is 0 Å². The number of hydrogen-bond donors (Lipinski definition) is 0. The first-order valence-corrected chi connectivity index (χ1v) is 6.51. The van der Waals surface area contributed by atoms with E-state index in [0.29, 0.717) is 0 Å². The van der Waals surface area contributed by atoms with Crippen LogP contribution in [0.25, 0.3) is 5.57 Å². The third-order valence-electron chi connectivity index (χ3n) is 3.31. The zero-order valence-corrected chi connectivity index (χ0v) is 11.2. The summed E-state index contributed by atoms with van der Waals surface area (Å²) in [4.78, 5) is 0. The Labute approximate surface area is 110 Å². The van der Waals surface area contributed by atoms with Gasteiger partial charge >= 0.3 is 0 Å². The Morgan fingerprint density at radius 1 is 0.889 bits per heavy atom. The van der Waals surface area contributed by atoms with Crippen molar-refractivity contribution in [1.29, 1.82) is 0 Å². The Bertz CT molecular complexity index is 515. The van der Waals surface area contributed by atoms with E-state index in [1.54, 1.807) is 0 Å². The van der Waals surface area contributed by atoms with Crippen molar-refractivity contribution in [3.63, 3.8) is 0 Å². The van der Waals surface area contributed by atoms with E-state index < -0.39 is 0 Å². The van der Waals surface area contributed by atoms with E-state index in [1.807, 2.05) is 0 Å². The molecule has 0 aliphatic carbocycles. The summed E-state index contributed by atoms with van der Waals surface area (Å²) < 4.78 is 0. The van der Waals surface area contributed by atoms with Crippen molar-refractivity contribution in [3.05, 3.63) is 77.4 Å². The molecule has 92 valence electrons. The lowest BCUT2D eigenvalue weighted by Crippen LogP contribution is -1.90. The van der Waals surface area contributed by atoms with Crippen LogP contribution in [0.5, 0.6) is 0 Å². The molecular formula is C18H20. The van der Waals surface area contributed by atoms with E-state index in [0.717, 1.165) is 12.8 Å². The molecule has 0 heteroatoms. The fraction of sp³-hybridized carbons (Fsp3) is 0.222. The monoisotopic (exact) mass is 236 g/mol. The van der Waals surface area contributed by atoms with Crippen LogP contribution in [0.1, 0.15) is 29.2 Å². The van der Waals surface area contributed by atoms with E-state index in [-0.39, 0.29) is 0 Å². The smallest absolute Gasteiger partial charge is 0.00257 e. The molecule has 0 heterocycles. The fourth-order valence-electron chi connectivity index (χ4n) is 2.03. The zero-order valence-electron chi connectivity index (χ0n) is 11.2. The van der Waals surface area contributed by atoms with Gasteiger partial charge in [-0.3, -0.25) is 0 Å². The highest BCUT2D eigenvalue weighted by atomic mass is 14.1. The van der Waals surface area contributed by atoms with Crippen molar-refractivity contribution < 1.29 is 0 Å². The van der Waals surface area contributed by atoms with Crippen LogP contribution >= 0.6 is 0 Å². The maximum Gasteiger partial charge on any atom is -0.00257 e. The zero-order chi connectivity index (χ0) is 13.0. The van der Waals surface area contributed by atoms with Gasteiger partial charge in [0.2, 0.25) is 0 Å². The van der Waals surface area contributed by atoms with Crippen LogP contribution in [-0.4, -0.2) is 0 Å². The molecule has 0 amide bonds. The summed E-state index contributed by atoms with van der Waals surface area (Å²) in [6.45, 7) is 8.49. The molecule has 0 nitrogen and oxygen atoms in total. The van der Waals surface area contributed by atoms with E-state index in [9.17, 15) is 0 Å². The van der Waals surface area contributed by atoms with Gasteiger partial charge in [-0.1, -0.05) is 67.6 Å². The van der Waals surface area contributed by atoms with Gasteiger partial charge < -0.3 is 0 Å². The third kappa shape index (κ3) is 3.10.